The molecule has 0 fully saturated rings. The molecule has 0 amide bonds. The van der Waals surface area contributed by atoms with Crippen LogP contribution < -0.4 is 5.32 Å². The Labute approximate surface area is 107 Å². The van der Waals surface area contributed by atoms with Crippen LogP contribution in [0.25, 0.3) is 11.1 Å². The molecule has 1 heterocycles. The molecule has 18 heavy (non-hydrogen) atoms. The van der Waals surface area contributed by atoms with E-state index in [0.29, 0.717) is 5.56 Å². The normalized spacial score (nSPS) is 13.9. The lowest BCUT2D eigenvalue weighted by Crippen LogP contribution is -2.12. The molecule has 0 saturated carbocycles. The average Bonchev–Trinajstić information content (AvgIpc) is 2.41. The number of halogens is 1. The summed E-state index contributed by atoms with van der Waals surface area (Å²) in [4.78, 5) is 0. The summed E-state index contributed by atoms with van der Waals surface area (Å²) in [6, 6.07) is 11.7. The first-order valence-corrected chi connectivity index (χ1v) is 6.38. The summed E-state index contributed by atoms with van der Waals surface area (Å²) in [6.07, 6.45) is 2.27. The van der Waals surface area contributed by atoms with E-state index in [4.69, 9.17) is 0 Å². The molecule has 1 N–H and O–H groups in total. The van der Waals surface area contributed by atoms with Crippen LogP contribution in [-0.2, 0) is 6.42 Å². The van der Waals surface area contributed by atoms with Gasteiger partial charge in [-0.15, -0.1) is 0 Å². The monoisotopic (exact) mass is 241 g/mol. The van der Waals surface area contributed by atoms with Crippen LogP contribution in [-0.4, -0.2) is 6.54 Å². The number of aryl methyl sites for hydroxylation is 2. The van der Waals surface area contributed by atoms with Gasteiger partial charge >= 0.3 is 0 Å². The van der Waals surface area contributed by atoms with Crippen molar-refractivity contribution in [3.8, 4) is 11.1 Å². The zero-order valence-corrected chi connectivity index (χ0v) is 10.5. The number of fused-ring (bicyclic) bond motifs is 1. The molecule has 0 bridgehead atoms. The topological polar surface area (TPSA) is 12.0 Å². The quantitative estimate of drug-likeness (QED) is 0.790. The van der Waals surface area contributed by atoms with Crippen molar-refractivity contribution in [1.29, 1.82) is 0 Å². The number of rotatable bonds is 1. The van der Waals surface area contributed by atoms with E-state index in [0.717, 1.165) is 24.1 Å². The Morgan fingerprint density at radius 1 is 1.17 bits per heavy atom. The molecule has 0 radical (unpaired) electrons. The van der Waals surface area contributed by atoms with Crippen molar-refractivity contribution in [2.75, 3.05) is 11.9 Å². The molecule has 1 nitrogen and oxygen atoms in total. The highest BCUT2D eigenvalue weighted by molar-refractivity contribution is 5.81. The van der Waals surface area contributed by atoms with E-state index in [2.05, 4.69) is 23.5 Å². The van der Waals surface area contributed by atoms with Crippen molar-refractivity contribution in [2.45, 2.75) is 19.8 Å². The third-order valence-electron chi connectivity index (χ3n) is 3.56. The van der Waals surface area contributed by atoms with Gasteiger partial charge in [-0.25, -0.2) is 4.39 Å². The molecule has 2 heteroatoms. The van der Waals surface area contributed by atoms with Crippen LogP contribution in [0.2, 0.25) is 0 Å². The number of hydrogen-bond acceptors (Lipinski definition) is 1. The van der Waals surface area contributed by atoms with Gasteiger partial charge in [-0.1, -0.05) is 30.3 Å². The van der Waals surface area contributed by atoms with Crippen LogP contribution in [0, 0.1) is 12.7 Å². The molecule has 0 unspecified atom stereocenters. The zero-order valence-electron chi connectivity index (χ0n) is 10.5. The van der Waals surface area contributed by atoms with Crippen LogP contribution in [0.4, 0.5) is 10.1 Å². The third-order valence-corrected chi connectivity index (χ3v) is 3.56. The Bertz CT molecular complexity index is 590. The van der Waals surface area contributed by atoms with Gasteiger partial charge in [0.05, 0.1) is 0 Å². The summed E-state index contributed by atoms with van der Waals surface area (Å²) in [5, 5.41) is 3.44. The van der Waals surface area contributed by atoms with E-state index < -0.39 is 0 Å². The van der Waals surface area contributed by atoms with Crippen LogP contribution in [0.3, 0.4) is 0 Å². The second-order valence-electron chi connectivity index (χ2n) is 4.83. The lowest BCUT2D eigenvalue weighted by Gasteiger charge is -2.21. The number of benzene rings is 2. The highest BCUT2D eigenvalue weighted by Crippen LogP contribution is 2.34. The summed E-state index contributed by atoms with van der Waals surface area (Å²) in [7, 11) is 0. The second-order valence-corrected chi connectivity index (χ2v) is 4.83. The third kappa shape index (κ3) is 1.88. The lowest BCUT2D eigenvalue weighted by molar-refractivity contribution is 0.619. The van der Waals surface area contributed by atoms with E-state index in [1.54, 1.807) is 13.0 Å². The molecule has 1 aliphatic rings. The van der Waals surface area contributed by atoms with Crippen molar-refractivity contribution in [1.82, 2.24) is 0 Å². The predicted octanol–water partition coefficient (Wildman–Crippen LogP) is 4.16. The van der Waals surface area contributed by atoms with E-state index in [1.807, 2.05) is 12.1 Å². The van der Waals surface area contributed by atoms with Crippen molar-refractivity contribution in [2.24, 2.45) is 0 Å². The number of anilines is 1. The minimum Gasteiger partial charge on any atom is -0.384 e. The van der Waals surface area contributed by atoms with Gasteiger partial charge in [0.2, 0.25) is 0 Å². The molecule has 1 aliphatic heterocycles. The molecule has 92 valence electrons. The fraction of sp³-hybridized carbons (Fsp3) is 0.250. The Morgan fingerprint density at radius 2 is 2.06 bits per heavy atom. The Balaban J connectivity index is 2.13. The van der Waals surface area contributed by atoms with E-state index in [9.17, 15) is 4.39 Å². The minimum atomic E-state index is -0.138. The maximum Gasteiger partial charge on any atom is 0.126 e. The molecule has 0 spiro atoms. The summed E-state index contributed by atoms with van der Waals surface area (Å²) < 4.78 is 13.7. The smallest absolute Gasteiger partial charge is 0.126 e. The maximum atomic E-state index is 13.7. The molecular weight excluding hydrogens is 225 g/mol. The van der Waals surface area contributed by atoms with Crippen molar-refractivity contribution >= 4 is 5.69 Å². The molecule has 0 atom stereocenters. The van der Waals surface area contributed by atoms with Gasteiger partial charge in [0.15, 0.2) is 0 Å². The summed E-state index contributed by atoms with van der Waals surface area (Å²) in [5.74, 6) is -0.138. The van der Waals surface area contributed by atoms with Crippen LogP contribution in [0.5, 0.6) is 0 Å². The van der Waals surface area contributed by atoms with E-state index in [1.165, 1.54) is 17.7 Å². The molecule has 0 aromatic heterocycles. The zero-order chi connectivity index (χ0) is 12.5. The molecule has 3 rings (SSSR count). The van der Waals surface area contributed by atoms with Gasteiger partial charge in [-0.3, -0.25) is 0 Å². The van der Waals surface area contributed by atoms with Gasteiger partial charge in [0.25, 0.3) is 0 Å². The maximum absolute atomic E-state index is 13.7. The number of para-hydroxylation sites is 1. The highest BCUT2D eigenvalue weighted by atomic mass is 19.1. The molecule has 2 aromatic rings. The molecule has 0 saturated heterocycles. The molecule has 0 aliphatic carbocycles. The SMILES string of the molecule is Cc1ccc(-c2cccc3c2NCCC3)cc1F. The van der Waals surface area contributed by atoms with Gasteiger partial charge in [0, 0.05) is 17.8 Å². The first kappa shape index (κ1) is 11.3. The predicted molar refractivity (Wildman–Crippen MR) is 73.4 cm³/mol. The van der Waals surface area contributed by atoms with Crippen LogP contribution in [0.1, 0.15) is 17.5 Å². The van der Waals surface area contributed by atoms with Crippen molar-refractivity contribution in [3.63, 3.8) is 0 Å². The lowest BCUT2D eigenvalue weighted by atomic mass is 9.95. The Hall–Kier alpha value is -1.83. The Morgan fingerprint density at radius 3 is 2.89 bits per heavy atom. The number of nitrogens with one attached hydrogen (secondary N) is 1. The molecule has 2 aromatic carbocycles. The van der Waals surface area contributed by atoms with Gasteiger partial charge in [-0.05, 0) is 42.5 Å². The van der Waals surface area contributed by atoms with Crippen LogP contribution >= 0.6 is 0 Å². The highest BCUT2D eigenvalue weighted by Gasteiger charge is 2.13. The molecular formula is C16H16FN. The van der Waals surface area contributed by atoms with Crippen LogP contribution in [0.15, 0.2) is 36.4 Å². The standard InChI is InChI=1S/C16H16FN/c1-11-7-8-13(10-15(11)17)14-6-2-4-12-5-3-9-18-16(12)14/h2,4,6-8,10,18H,3,5,9H2,1H3. The van der Waals surface area contributed by atoms with Gasteiger partial charge < -0.3 is 5.32 Å². The number of hydrogen-bond donors (Lipinski definition) is 1. The first-order chi connectivity index (χ1) is 8.75. The van der Waals surface area contributed by atoms with E-state index >= 15 is 0 Å². The second kappa shape index (κ2) is 4.45. The largest absolute Gasteiger partial charge is 0.384 e. The van der Waals surface area contributed by atoms with Crippen molar-refractivity contribution < 1.29 is 4.39 Å². The summed E-state index contributed by atoms with van der Waals surface area (Å²) in [6.45, 7) is 2.79. The van der Waals surface area contributed by atoms with Crippen molar-refractivity contribution in [3.05, 3.63) is 53.3 Å². The van der Waals surface area contributed by atoms with Gasteiger partial charge in [-0.2, -0.15) is 0 Å². The Kier molecular flexibility index (Phi) is 2.78. The summed E-state index contributed by atoms with van der Waals surface area (Å²) in [5.41, 5.74) is 5.25. The fourth-order valence-corrected chi connectivity index (χ4v) is 2.51. The average molecular weight is 241 g/mol. The fourth-order valence-electron chi connectivity index (χ4n) is 2.51. The first-order valence-electron chi connectivity index (χ1n) is 6.38. The van der Waals surface area contributed by atoms with E-state index in [-0.39, 0.29) is 5.82 Å². The van der Waals surface area contributed by atoms with Gasteiger partial charge in [0.1, 0.15) is 5.82 Å². The summed E-state index contributed by atoms with van der Waals surface area (Å²) >= 11 is 0. The minimum absolute atomic E-state index is 0.138.